The normalized spacial score (nSPS) is 20.8. The van der Waals surface area contributed by atoms with E-state index in [0.29, 0.717) is 40.2 Å². The number of allylic oxidation sites excluding steroid dienone is 3. The number of fused-ring (bicyclic) bond motifs is 3. The zero-order chi connectivity index (χ0) is 32.0. The molecule has 0 saturated heterocycles. The van der Waals surface area contributed by atoms with Crippen molar-refractivity contribution in [2.75, 3.05) is 0 Å². The largest absolute Gasteiger partial charge is 0.640 e. The Morgan fingerprint density at radius 1 is 1.02 bits per heavy atom. The maximum Gasteiger partial charge on any atom is 0.640 e. The van der Waals surface area contributed by atoms with Gasteiger partial charge in [0.1, 0.15) is 17.8 Å². The van der Waals surface area contributed by atoms with Crippen molar-refractivity contribution >= 4 is 41.5 Å². The Kier molecular flexibility index (Phi) is 6.14. The van der Waals surface area contributed by atoms with Gasteiger partial charge in [0.25, 0.3) is 0 Å². The first-order valence-corrected chi connectivity index (χ1v) is 15.2. The minimum atomic E-state index is -4.33. The van der Waals surface area contributed by atoms with E-state index in [4.69, 9.17) is 16.3 Å². The van der Waals surface area contributed by atoms with Crippen LogP contribution in [0.1, 0.15) is 64.0 Å². The van der Waals surface area contributed by atoms with Crippen LogP contribution in [-0.4, -0.2) is 53.9 Å². The summed E-state index contributed by atoms with van der Waals surface area (Å²) in [6, 6.07) is 18.5. The van der Waals surface area contributed by atoms with Gasteiger partial charge in [-0.2, -0.15) is 0 Å². The number of hydrogen-bond donors (Lipinski definition) is 1. The van der Waals surface area contributed by atoms with Crippen molar-refractivity contribution in [3.63, 3.8) is 0 Å². The number of carbonyl (C=O) groups is 2. The van der Waals surface area contributed by atoms with Crippen molar-refractivity contribution in [2.45, 2.75) is 38.5 Å². The Bertz CT molecular complexity index is 2130. The molecule has 4 aliphatic rings. The van der Waals surface area contributed by atoms with E-state index < -0.39 is 18.6 Å². The van der Waals surface area contributed by atoms with Gasteiger partial charge in [-0.3, -0.25) is 14.9 Å². The summed E-state index contributed by atoms with van der Waals surface area (Å²) < 4.78 is 41.9. The lowest BCUT2D eigenvalue weighted by Crippen LogP contribution is -2.52. The van der Waals surface area contributed by atoms with Crippen molar-refractivity contribution in [2.24, 2.45) is 0 Å². The summed E-state index contributed by atoms with van der Waals surface area (Å²) >= 11 is 6.32. The first-order valence-electron chi connectivity index (χ1n) is 14.8. The summed E-state index contributed by atoms with van der Waals surface area (Å²) in [7, 11) is 0. The lowest BCUT2D eigenvalue weighted by atomic mass is 9.79. The molecule has 0 radical (unpaired) electrons. The summed E-state index contributed by atoms with van der Waals surface area (Å²) in [5.41, 5.74) is 2.67. The van der Waals surface area contributed by atoms with Crippen LogP contribution in [0.25, 0.3) is 5.57 Å². The topological polar surface area (TPSA) is 94.0 Å². The van der Waals surface area contributed by atoms with Gasteiger partial charge in [-0.15, -0.1) is 5.10 Å². The van der Waals surface area contributed by atoms with Gasteiger partial charge in [0, 0.05) is 34.9 Å². The first-order chi connectivity index (χ1) is 22.0. The monoisotopic (exact) mass is 638 g/mol. The average molecular weight is 639 g/mol. The highest BCUT2D eigenvalue weighted by Crippen LogP contribution is 2.44. The number of aromatic nitrogens is 4. The second kappa shape index (κ2) is 9.95. The maximum absolute atomic E-state index is 16.2. The predicted molar refractivity (Wildman–Crippen MR) is 167 cm³/mol. The van der Waals surface area contributed by atoms with Crippen molar-refractivity contribution < 1.29 is 27.4 Å². The summed E-state index contributed by atoms with van der Waals surface area (Å²) in [4.78, 5) is 27.0. The fourth-order valence-corrected chi connectivity index (χ4v) is 7.11. The molecule has 2 aromatic carbocycles. The van der Waals surface area contributed by atoms with E-state index in [1.165, 1.54) is 6.07 Å². The summed E-state index contributed by atoms with van der Waals surface area (Å²) in [6.45, 7) is -0.567. The van der Waals surface area contributed by atoms with E-state index in [1.807, 2.05) is 44.2 Å². The quantitative estimate of drug-likeness (QED) is 0.294. The Hall–Kier alpha value is -5.10. The number of hydrogen-bond acceptors (Lipinski definition) is 6. The fourth-order valence-electron chi connectivity index (χ4n) is 6.84. The van der Waals surface area contributed by atoms with Gasteiger partial charge in [0.15, 0.2) is 11.5 Å². The number of nitrogens with one attached hydrogen (secondary N) is 1. The second-order valence-corrected chi connectivity index (χ2v) is 12.7. The van der Waals surface area contributed by atoms with Gasteiger partial charge >= 0.3 is 6.97 Å². The molecular weight excluding hydrogens is 613 g/mol. The molecule has 9 nitrogen and oxygen atoms in total. The van der Waals surface area contributed by atoms with Crippen LogP contribution >= 0.6 is 11.6 Å². The Balaban J connectivity index is 1.13. The molecule has 3 aliphatic heterocycles. The zero-order valence-corrected chi connectivity index (χ0v) is 25.5. The number of Topliss-reactive ketones (excluding diaryl/α,β-unsaturated/α-hetero) is 2. The molecule has 1 atom stereocenters. The standard InChI is InChI=1S/C33H26BClF2N6O3/c1-33(2)16-25(29-30(44)21-10-6-7-11-22(21)31(45)32(29)46-33)41-18-20(39-40-41)17-38-27-15-13-24-28(19-8-4-3-5-9-19)23-12-14-26(35)42(23)34(36,37)43(24)27/h3-15,18,25,38H,16-17H2,1-2H3. The van der Waals surface area contributed by atoms with Crippen molar-refractivity contribution in [3.05, 3.63) is 135 Å². The molecule has 8 rings (SSSR count). The Morgan fingerprint density at radius 2 is 1.74 bits per heavy atom. The third kappa shape index (κ3) is 4.16. The van der Waals surface area contributed by atoms with Crippen LogP contribution in [0.3, 0.4) is 0 Å². The van der Waals surface area contributed by atoms with Crippen LogP contribution in [0.2, 0.25) is 5.15 Å². The number of rotatable bonds is 4. The maximum atomic E-state index is 16.2. The first kappa shape index (κ1) is 28.4. The van der Waals surface area contributed by atoms with E-state index in [0.717, 1.165) is 14.5 Å². The van der Waals surface area contributed by atoms with Crippen molar-refractivity contribution in [1.29, 1.82) is 0 Å². The molecule has 0 saturated carbocycles. The van der Waals surface area contributed by atoms with E-state index in [9.17, 15) is 9.59 Å². The number of nitrogens with zero attached hydrogens (tertiary/aromatic N) is 5. The molecule has 46 heavy (non-hydrogen) atoms. The molecule has 5 heterocycles. The lowest BCUT2D eigenvalue weighted by Gasteiger charge is -2.39. The van der Waals surface area contributed by atoms with Crippen LogP contribution < -0.4 is 5.32 Å². The molecule has 1 N–H and O–H groups in total. The number of ether oxygens (including phenoxy) is 1. The molecule has 13 heteroatoms. The minimum absolute atomic E-state index is 0.0258. The van der Waals surface area contributed by atoms with Crippen molar-refractivity contribution in [3.8, 4) is 0 Å². The van der Waals surface area contributed by atoms with Crippen molar-refractivity contribution in [1.82, 2.24) is 24.8 Å². The molecule has 2 aromatic heterocycles. The number of halogens is 3. The van der Waals surface area contributed by atoms with E-state index in [1.54, 1.807) is 53.4 Å². The van der Waals surface area contributed by atoms with Crippen LogP contribution in [0.15, 0.2) is 102 Å². The van der Waals surface area contributed by atoms with E-state index >= 15 is 8.63 Å². The molecule has 0 amide bonds. The number of carbonyl (C=O) groups excluding carboxylic acids is 2. The molecule has 230 valence electrons. The Labute approximate surface area is 267 Å². The van der Waals surface area contributed by atoms with Crippen LogP contribution in [0.4, 0.5) is 8.63 Å². The third-order valence-electron chi connectivity index (χ3n) is 8.82. The van der Waals surface area contributed by atoms with Gasteiger partial charge in [-0.1, -0.05) is 71.4 Å². The lowest BCUT2D eigenvalue weighted by molar-refractivity contribution is -0.363. The molecule has 4 aromatic rings. The molecule has 0 spiro atoms. The van der Waals surface area contributed by atoms with Crippen LogP contribution in [0, 0.1) is 0 Å². The van der Waals surface area contributed by atoms with Gasteiger partial charge in [-0.05, 0) is 37.6 Å². The van der Waals surface area contributed by atoms with Crippen LogP contribution in [-0.2, 0) is 11.3 Å². The van der Waals surface area contributed by atoms with Gasteiger partial charge < -0.3 is 22.3 Å². The highest BCUT2D eigenvalue weighted by molar-refractivity contribution is 6.59. The van der Waals surface area contributed by atoms with Gasteiger partial charge in [0.2, 0.25) is 11.6 Å². The SMILES string of the molecule is CC1(C)CC(n2cc(CNC3=[N+]4C(=C(c5ccccc5)c5ccc(Cl)n5[B-]4(F)F)C=C3)nn2)C2=C(O1)C(=O)c1ccccc1C2=O. The molecule has 1 unspecified atom stereocenters. The van der Waals surface area contributed by atoms with E-state index in [-0.39, 0.29) is 40.4 Å². The second-order valence-electron chi connectivity index (χ2n) is 12.3. The average Bonchev–Trinajstić information content (AvgIpc) is 3.78. The van der Waals surface area contributed by atoms with Gasteiger partial charge in [-0.25, -0.2) is 4.68 Å². The number of benzene rings is 2. The summed E-state index contributed by atoms with van der Waals surface area (Å²) in [6.07, 6.45) is 5.31. The Morgan fingerprint density at radius 3 is 2.50 bits per heavy atom. The minimum Gasteiger partial charge on any atom is -0.483 e. The smallest absolute Gasteiger partial charge is 0.483 e. The molecule has 0 bridgehead atoms. The predicted octanol–water partition coefficient (Wildman–Crippen LogP) is 5.57. The zero-order valence-electron chi connectivity index (χ0n) is 24.7. The number of ketones is 2. The number of amidine groups is 1. The summed E-state index contributed by atoms with van der Waals surface area (Å²) in [5, 5.41) is 11.6. The molecular formula is C33H26BClF2N6O3. The molecule has 1 aliphatic carbocycles. The summed E-state index contributed by atoms with van der Waals surface area (Å²) in [5.74, 6) is -0.430. The van der Waals surface area contributed by atoms with Gasteiger partial charge in [0.05, 0.1) is 28.7 Å². The highest BCUT2D eigenvalue weighted by Gasteiger charge is 2.50. The fraction of sp³-hybridized carbons (Fsp3) is 0.182. The highest BCUT2D eigenvalue weighted by atomic mass is 35.5. The van der Waals surface area contributed by atoms with Crippen LogP contribution in [0.5, 0.6) is 0 Å². The van der Waals surface area contributed by atoms with E-state index in [2.05, 4.69) is 15.6 Å². The third-order valence-corrected chi connectivity index (χ3v) is 9.13. The molecule has 0 fully saturated rings.